The first kappa shape index (κ1) is 13.5. The number of rotatable bonds is 2. The summed E-state index contributed by atoms with van der Waals surface area (Å²) in [7, 11) is 0. The topological polar surface area (TPSA) is 66.9 Å². The highest BCUT2D eigenvalue weighted by atomic mass is 35.5. The summed E-state index contributed by atoms with van der Waals surface area (Å²) in [4.78, 5) is 19.8. The summed E-state index contributed by atoms with van der Waals surface area (Å²) in [6.45, 7) is 2.72. The van der Waals surface area contributed by atoms with E-state index in [1.54, 1.807) is 0 Å². The number of aromatic nitrogens is 2. The average Bonchev–Trinajstić information content (AvgIpc) is 2.28. The van der Waals surface area contributed by atoms with Crippen LogP contribution in [0.25, 0.3) is 0 Å². The number of hydrogen-bond acceptors (Lipinski definition) is 4. The molecule has 2 rings (SSSR count). The van der Waals surface area contributed by atoms with E-state index in [1.807, 2.05) is 6.92 Å². The van der Waals surface area contributed by atoms with Crippen LogP contribution in [0.1, 0.15) is 26.2 Å². The van der Waals surface area contributed by atoms with Gasteiger partial charge >= 0.3 is 0 Å². The van der Waals surface area contributed by atoms with Crippen molar-refractivity contribution >= 4 is 34.9 Å². The lowest BCUT2D eigenvalue weighted by Gasteiger charge is -2.33. The Bertz CT molecular complexity index is 440. The van der Waals surface area contributed by atoms with Crippen LogP contribution in [-0.4, -0.2) is 28.0 Å². The monoisotopic (exact) mass is 288 g/mol. The highest BCUT2D eigenvalue weighted by molar-refractivity contribution is 6.32. The van der Waals surface area contributed by atoms with Gasteiger partial charge in [-0.2, -0.15) is 0 Å². The Morgan fingerprint density at radius 2 is 2.22 bits per heavy atom. The van der Waals surface area contributed by atoms with Crippen LogP contribution in [0, 0.1) is 0 Å². The lowest BCUT2D eigenvalue weighted by atomic mass is 9.90. The first-order chi connectivity index (χ1) is 8.49. The van der Waals surface area contributed by atoms with Gasteiger partial charge in [-0.1, -0.05) is 11.6 Å². The summed E-state index contributed by atoms with van der Waals surface area (Å²) in [5.74, 6) is 0.187. The largest absolute Gasteiger partial charge is 0.309 e. The Balaban J connectivity index is 2.10. The van der Waals surface area contributed by atoms with Gasteiger partial charge in [-0.3, -0.25) is 4.79 Å². The second-order valence-corrected chi connectivity index (χ2v) is 5.24. The lowest BCUT2D eigenvalue weighted by molar-refractivity contribution is -0.122. The maximum atomic E-state index is 12.2. The minimum absolute atomic E-state index is 0.0135. The first-order valence-corrected chi connectivity index (χ1v) is 6.52. The molecule has 0 aromatic carbocycles. The van der Waals surface area contributed by atoms with Gasteiger partial charge in [0.1, 0.15) is 11.0 Å². The van der Waals surface area contributed by atoms with E-state index in [4.69, 9.17) is 23.2 Å². The number of hydrogen-bond donors (Lipinski definition) is 2. The minimum atomic E-state index is -0.567. The minimum Gasteiger partial charge on any atom is -0.309 e. The van der Waals surface area contributed by atoms with Gasteiger partial charge in [-0.25, -0.2) is 9.97 Å². The van der Waals surface area contributed by atoms with Crippen LogP contribution >= 0.6 is 23.2 Å². The summed E-state index contributed by atoms with van der Waals surface area (Å²) >= 11 is 11.4. The van der Waals surface area contributed by atoms with Gasteiger partial charge in [0.2, 0.25) is 11.2 Å². The number of halogens is 2. The molecule has 1 amide bonds. The van der Waals surface area contributed by atoms with E-state index in [9.17, 15) is 4.79 Å². The summed E-state index contributed by atoms with van der Waals surface area (Å²) in [5.41, 5.74) is -0.567. The summed E-state index contributed by atoms with van der Waals surface area (Å²) in [6, 6.07) is 1.47. The number of anilines is 1. The molecule has 18 heavy (non-hydrogen) atoms. The molecule has 2 N–H and O–H groups in total. The molecule has 1 atom stereocenters. The highest BCUT2D eigenvalue weighted by Crippen LogP contribution is 2.21. The third kappa shape index (κ3) is 3.10. The van der Waals surface area contributed by atoms with E-state index >= 15 is 0 Å². The van der Waals surface area contributed by atoms with Crippen LogP contribution < -0.4 is 10.6 Å². The summed E-state index contributed by atoms with van der Waals surface area (Å²) in [6.07, 6.45) is 2.92. The number of carbonyl (C=O) groups is 1. The average molecular weight is 289 g/mol. The Morgan fingerprint density at radius 1 is 1.44 bits per heavy atom. The Kier molecular flexibility index (Phi) is 4.04. The predicted octanol–water partition coefficient (Wildman–Crippen LogP) is 2.25. The molecular weight excluding hydrogens is 275 g/mol. The van der Waals surface area contributed by atoms with Gasteiger partial charge in [-0.15, -0.1) is 0 Å². The van der Waals surface area contributed by atoms with Crippen LogP contribution in [0.5, 0.6) is 0 Å². The van der Waals surface area contributed by atoms with Crippen LogP contribution in [-0.2, 0) is 4.79 Å². The SMILES string of the molecule is CC1(C(=O)Nc2cc(Cl)nc(Cl)n2)CCCCN1. The van der Waals surface area contributed by atoms with Crippen molar-refractivity contribution in [2.75, 3.05) is 11.9 Å². The number of amides is 1. The van der Waals surface area contributed by atoms with Gasteiger partial charge in [0.15, 0.2) is 0 Å². The number of nitrogens with zero attached hydrogens (tertiary/aromatic N) is 2. The lowest BCUT2D eigenvalue weighted by Crippen LogP contribution is -2.54. The summed E-state index contributed by atoms with van der Waals surface area (Å²) < 4.78 is 0. The van der Waals surface area contributed by atoms with Crippen molar-refractivity contribution in [2.24, 2.45) is 0 Å². The third-order valence-corrected chi connectivity index (χ3v) is 3.39. The van der Waals surface area contributed by atoms with Crippen LogP contribution in [0.2, 0.25) is 10.4 Å². The Labute approximate surface area is 115 Å². The fraction of sp³-hybridized carbons (Fsp3) is 0.545. The maximum absolute atomic E-state index is 12.2. The normalized spacial score (nSPS) is 23.7. The van der Waals surface area contributed by atoms with E-state index in [-0.39, 0.29) is 16.3 Å². The molecule has 0 radical (unpaired) electrons. The molecule has 0 saturated carbocycles. The van der Waals surface area contributed by atoms with Crippen LogP contribution in [0.4, 0.5) is 5.82 Å². The fourth-order valence-corrected chi connectivity index (χ4v) is 2.37. The smallest absolute Gasteiger partial charge is 0.245 e. The van der Waals surface area contributed by atoms with Crippen molar-refractivity contribution in [1.82, 2.24) is 15.3 Å². The zero-order valence-corrected chi connectivity index (χ0v) is 11.5. The standard InChI is InChI=1S/C11H14Cl2N4O/c1-11(4-2-3-5-14-11)9(18)16-8-6-7(12)15-10(13)17-8/h6,14H,2-5H2,1H3,(H,15,16,17,18). The molecule has 0 aliphatic carbocycles. The number of piperidine rings is 1. The van der Waals surface area contributed by atoms with E-state index in [2.05, 4.69) is 20.6 Å². The van der Waals surface area contributed by atoms with Crippen LogP contribution in [0.15, 0.2) is 6.07 Å². The van der Waals surface area contributed by atoms with E-state index < -0.39 is 5.54 Å². The van der Waals surface area contributed by atoms with Gasteiger partial charge in [-0.05, 0) is 44.3 Å². The zero-order valence-electron chi connectivity index (χ0n) is 9.96. The molecule has 7 heteroatoms. The summed E-state index contributed by atoms with van der Waals surface area (Å²) in [5, 5.41) is 6.15. The molecule has 1 aliphatic heterocycles. The molecular formula is C11H14Cl2N4O. The quantitative estimate of drug-likeness (QED) is 0.647. The second-order valence-electron chi connectivity index (χ2n) is 4.52. The van der Waals surface area contributed by atoms with Gasteiger partial charge < -0.3 is 10.6 Å². The molecule has 98 valence electrons. The first-order valence-electron chi connectivity index (χ1n) is 5.76. The molecule has 2 heterocycles. The van der Waals surface area contributed by atoms with E-state index in [0.717, 1.165) is 25.8 Å². The Hall–Kier alpha value is -0.910. The molecule has 1 aromatic heterocycles. The van der Waals surface area contributed by atoms with Crippen molar-refractivity contribution in [1.29, 1.82) is 0 Å². The molecule has 1 aromatic rings. The molecule has 5 nitrogen and oxygen atoms in total. The van der Waals surface area contributed by atoms with E-state index in [0.29, 0.717) is 5.82 Å². The molecule has 0 spiro atoms. The number of carbonyl (C=O) groups excluding carboxylic acids is 1. The fourth-order valence-electron chi connectivity index (χ4n) is 1.96. The van der Waals surface area contributed by atoms with Crippen molar-refractivity contribution in [2.45, 2.75) is 31.7 Å². The van der Waals surface area contributed by atoms with Gasteiger partial charge in [0.25, 0.3) is 0 Å². The molecule has 1 unspecified atom stereocenters. The Morgan fingerprint density at radius 3 is 2.83 bits per heavy atom. The molecule has 0 bridgehead atoms. The zero-order chi connectivity index (χ0) is 13.2. The van der Waals surface area contributed by atoms with Crippen molar-refractivity contribution in [3.05, 3.63) is 16.5 Å². The third-order valence-electron chi connectivity index (χ3n) is 3.03. The van der Waals surface area contributed by atoms with E-state index in [1.165, 1.54) is 6.07 Å². The molecule has 1 saturated heterocycles. The number of nitrogens with one attached hydrogen (secondary N) is 2. The van der Waals surface area contributed by atoms with Gasteiger partial charge in [0.05, 0.1) is 5.54 Å². The van der Waals surface area contributed by atoms with Crippen LogP contribution in [0.3, 0.4) is 0 Å². The van der Waals surface area contributed by atoms with Crippen molar-refractivity contribution < 1.29 is 4.79 Å². The predicted molar refractivity (Wildman–Crippen MR) is 70.9 cm³/mol. The molecule has 1 fully saturated rings. The van der Waals surface area contributed by atoms with Crippen molar-refractivity contribution in [3.63, 3.8) is 0 Å². The maximum Gasteiger partial charge on any atom is 0.245 e. The highest BCUT2D eigenvalue weighted by Gasteiger charge is 2.34. The van der Waals surface area contributed by atoms with Crippen molar-refractivity contribution in [3.8, 4) is 0 Å². The molecule has 1 aliphatic rings. The van der Waals surface area contributed by atoms with Gasteiger partial charge in [0, 0.05) is 6.07 Å². The second kappa shape index (κ2) is 5.38.